The van der Waals surface area contributed by atoms with E-state index in [9.17, 15) is 4.79 Å². The van der Waals surface area contributed by atoms with Crippen molar-refractivity contribution >= 4 is 33.3 Å². The van der Waals surface area contributed by atoms with Crippen LogP contribution in [0.1, 0.15) is 4.88 Å². The molecule has 1 aliphatic rings. The van der Waals surface area contributed by atoms with Crippen LogP contribution in [0, 0.1) is 0 Å². The molecule has 7 heteroatoms. The van der Waals surface area contributed by atoms with Gasteiger partial charge in [0.25, 0.3) is 0 Å². The fourth-order valence-electron chi connectivity index (χ4n) is 2.05. The van der Waals surface area contributed by atoms with Gasteiger partial charge < -0.3 is 11.1 Å². The molecule has 2 aromatic heterocycles. The summed E-state index contributed by atoms with van der Waals surface area (Å²) in [6.45, 7) is 2.80. The first kappa shape index (κ1) is 11.4. The number of hydrogen-bond donors (Lipinski definition) is 2. The minimum atomic E-state index is 0.0849. The predicted octanol–water partition coefficient (Wildman–Crippen LogP) is 0.205. The average molecular weight is 263 g/mol. The van der Waals surface area contributed by atoms with Gasteiger partial charge in [-0.1, -0.05) is 0 Å². The molecule has 94 valence electrons. The first-order valence-corrected chi connectivity index (χ1v) is 6.52. The summed E-state index contributed by atoms with van der Waals surface area (Å²) in [5.74, 6) is 0.598. The van der Waals surface area contributed by atoms with Crippen LogP contribution in [0.15, 0.2) is 12.4 Å². The number of nitrogens with two attached hydrogens (primary N) is 1. The van der Waals surface area contributed by atoms with E-state index in [0.717, 1.165) is 28.2 Å². The summed E-state index contributed by atoms with van der Waals surface area (Å²) in [5.41, 5.74) is 5.80. The van der Waals surface area contributed by atoms with Crippen LogP contribution >= 0.6 is 11.3 Å². The van der Waals surface area contributed by atoms with Crippen molar-refractivity contribution in [2.45, 2.75) is 6.54 Å². The number of aromatic nitrogens is 2. The van der Waals surface area contributed by atoms with Gasteiger partial charge in [-0.05, 0) is 6.07 Å². The fraction of sp³-hybridized carbons (Fsp3) is 0.364. The van der Waals surface area contributed by atoms with E-state index in [-0.39, 0.29) is 5.91 Å². The number of nitrogens with one attached hydrogen (secondary N) is 1. The molecular weight excluding hydrogens is 250 g/mol. The second kappa shape index (κ2) is 4.51. The smallest absolute Gasteiger partial charge is 0.234 e. The topological polar surface area (TPSA) is 84.1 Å². The zero-order valence-electron chi connectivity index (χ0n) is 9.72. The van der Waals surface area contributed by atoms with Gasteiger partial charge >= 0.3 is 0 Å². The Hall–Kier alpha value is -1.73. The number of carbonyl (C=O) groups excluding carboxylic acids is 1. The molecular formula is C11H13N5OS. The molecule has 1 aliphatic heterocycles. The van der Waals surface area contributed by atoms with Gasteiger partial charge in [0.15, 0.2) is 0 Å². The number of fused-ring (bicyclic) bond motifs is 1. The predicted molar refractivity (Wildman–Crippen MR) is 70.1 cm³/mol. The lowest BCUT2D eigenvalue weighted by atomic mass is 10.3. The minimum absolute atomic E-state index is 0.0849. The summed E-state index contributed by atoms with van der Waals surface area (Å²) >= 11 is 1.60. The molecule has 0 spiro atoms. The van der Waals surface area contributed by atoms with Crippen LogP contribution in [0.2, 0.25) is 0 Å². The highest BCUT2D eigenvalue weighted by molar-refractivity contribution is 7.18. The number of piperazine rings is 1. The number of anilines is 1. The molecule has 0 unspecified atom stereocenters. The molecule has 0 aliphatic carbocycles. The van der Waals surface area contributed by atoms with E-state index in [1.54, 1.807) is 11.3 Å². The lowest BCUT2D eigenvalue weighted by Crippen LogP contribution is -2.46. The number of nitrogens with zero attached hydrogens (tertiary/aromatic N) is 3. The number of carbonyl (C=O) groups is 1. The Kier molecular flexibility index (Phi) is 2.85. The number of thiophene rings is 1. The second-order valence-electron chi connectivity index (χ2n) is 4.25. The largest absolute Gasteiger partial charge is 0.383 e. The van der Waals surface area contributed by atoms with E-state index >= 15 is 0 Å². The molecule has 0 bridgehead atoms. The Labute approximate surface area is 108 Å². The molecule has 2 aromatic rings. The van der Waals surface area contributed by atoms with E-state index in [1.807, 2.05) is 6.07 Å². The van der Waals surface area contributed by atoms with E-state index < -0.39 is 0 Å². The molecule has 3 N–H and O–H groups in total. The van der Waals surface area contributed by atoms with E-state index in [2.05, 4.69) is 20.2 Å². The molecule has 0 saturated carbocycles. The number of amides is 1. The highest BCUT2D eigenvalue weighted by atomic mass is 32.1. The molecule has 0 aromatic carbocycles. The van der Waals surface area contributed by atoms with Crippen molar-refractivity contribution in [2.75, 3.05) is 25.4 Å². The number of nitrogen functional groups attached to an aromatic ring is 1. The lowest BCUT2D eigenvalue weighted by Gasteiger charge is -2.25. The van der Waals surface area contributed by atoms with Gasteiger partial charge in [-0.25, -0.2) is 9.97 Å². The van der Waals surface area contributed by atoms with E-state index in [4.69, 9.17) is 5.73 Å². The lowest BCUT2D eigenvalue weighted by molar-refractivity contribution is -0.124. The summed E-state index contributed by atoms with van der Waals surface area (Å²) in [6, 6.07) is 2.02. The van der Waals surface area contributed by atoms with Crippen LogP contribution in [-0.2, 0) is 11.3 Å². The van der Waals surface area contributed by atoms with Gasteiger partial charge in [-0.15, -0.1) is 11.3 Å². The standard InChI is InChI=1S/C11H13N5OS/c12-10-8-3-7(18-11(8)15-6-14-10)4-16-2-1-13-9(17)5-16/h3,6H,1-2,4-5H2,(H,13,17)(H2,12,14,15). The summed E-state index contributed by atoms with van der Waals surface area (Å²) in [7, 11) is 0. The van der Waals surface area contributed by atoms with Crippen LogP contribution in [0.5, 0.6) is 0 Å². The van der Waals surface area contributed by atoms with Gasteiger partial charge in [0.2, 0.25) is 5.91 Å². The van der Waals surface area contributed by atoms with Crippen molar-refractivity contribution in [3.63, 3.8) is 0 Å². The van der Waals surface area contributed by atoms with Gasteiger partial charge in [-0.2, -0.15) is 0 Å². The van der Waals surface area contributed by atoms with Gasteiger partial charge in [0.1, 0.15) is 17.0 Å². The van der Waals surface area contributed by atoms with Gasteiger partial charge in [-0.3, -0.25) is 9.69 Å². The third-order valence-electron chi connectivity index (χ3n) is 2.91. The molecule has 3 heterocycles. The third kappa shape index (κ3) is 2.14. The van der Waals surface area contributed by atoms with Crippen molar-refractivity contribution in [3.05, 3.63) is 17.3 Å². The minimum Gasteiger partial charge on any atom is -0.383 e. The Balaban J connectivity index is 1.82. The normalized spacial score (nSPS) is 17.0. The fourth-order valence-corrected chi connectivity index (χ4v) is 3.09. The van der Waals surface area contributed by atoms with Crippen molar-refractivity contribution in [1.29, 1.82) is 0 Å². The van der Waals surface area contributed by atoms with Gasteiger partial charge in [0.05, 0.1) is 11.9 Å². The van der Waals surface area contributed by atoms with Crippen molar-refractivity contribution in [3.8, 4) is 0 Å². The molecule has 18 heavy (non-hydrogen) atoms. The summed E-state index contributed by atoms with van der Waals surface area (Å²) < 4.78 is 0. The highest BCUT2D eigenvalue weighted by Crippen LogP contribution is 2.27. The summed E-state index contributed by atoms with van der Waals surface area (Å²) in [5, 5.41) is 3.72. The van der Waals surface area contributed by atoms with Crippen LogP contribution in [0.25, 0.3) is 10.2 Å². The van der Waals surface area contributed by atoms with E-state index in [1.165, 1.54) is 6.33 Å². The third-order valence-corrected chi connectivity index (χ3v) is 3.94. The molecule has 1 saturated heterocycles. The molecule has 0 atom stereocenters. The molecule has 0 radical (unpaired) electrons. The Morgan fingerprint density at radius 3 is 3.17 bits per heavy atom. The van der Waals surface area contributed by atoms with E-state index in [0.29, 0.717) is 18.9 Å². The average Bonchev–Trinajstić information content (AvgIpc) is 2.73. The van der Waals surface area contributed by atoms with Crippen LogP contribution in [-0.4, -0.2) is 40.4 Å². The molecule has 1 amide bonds. The number of hydrogen-bond acceptors (Lipinski definition) is 6. The van der Waals surface area contributed by atoms with Crippen molar-refractivity contribution < 1.29 is 4.79 Å². The quantitative estimate of drug-likeness (QED) is 0.809. The maximum absolute atomic E-state index is 11.3. The van der Waals surface area contributed by atoms with Crippen LogP contribution < -0.4 is 11.1 Å². The Morgan fingerprint density at radius 1 is 1.50 bits per heavy atom. The molecule has 6 nitrogen and oxygen atoms in total. The SMILES string of the molecule is Nc1ncnc2sc(CN3CCNC(=O)C3)cc12. The zero-order valence-corrected chi connectivity index (χ0v) is 10.5. The monoisotopic (exact) mass is 263 g/mol. The molecule has 1 fully saturated rings. The Bertz CT molecular complexity index is 596. The highest BCUT2D eigenvalue weighted by Gasteiger charge is 2.17. The summed E-state index contributed by atoms with van der Waals surface area (Å²) in [4.78, 5) is 23.7. The first-order chi connectivity index (χ1) is 8.72. The first-order valence-electron chi connectivity index (χ1n) is 5.70. The Morgan fingerprint density at radius 2 is 2.39 bits per heavy atom. The van der Waals surface area contributed by atoms with Crippen LogP contribution in [0.4, 0.5) is 5.82 Å². The zero-order chi connectivity index (χ0) is 12.5. The maximum Gasteiger partial charge on any atom is 0.234 e. The van der Waals surface area contributed by atoms with Crippen LogP contribution in [0.3, 0.4) is 0 Å². The molecule has 3 rings (SSSR count). The number of rotatable bonds is 2. The van der Waals surface area contributed by atoms with Crippen molar-refractivity contribution in [1.82, 2.24) is 20.2 Å². The van der Waals surface area contributed by atoms with Crippen molar-refractivity contribution in [2.24, 2.45) is 0 Å². The van der Waals surface area contributed by atoms with Gasteiger partial charge in [0, 0.05) is 24.5 Å². The maximum atomic E-state index is 11.3. The second-order valence-corrected chi connectivity index (χ2v) is 5.37. The summed E-state index contributed by atoms with van der Waals surface area (Å²) in [6.07, 6.45) is 1.48.